The number of hydrogen-bond acceptors (Lipinski definition) is 3. The molecule has 0 saturated carbocycles. The number of nitrogens with one attached hydrogen (secondary N) is 2. The SMILES string of the molecule is COc1ccc(-c2n[nH]c3c2C(c2ccc(C)cc2)NC3=O)cc1. The fourth-order valence-corrected chi connectivity index (χ4v) is 3.06. The molecule has 2 N–H and O–H groups in total. The lowest BCUT2D eigenvalue weighted by atomic mass is 9.96. The minimum atomic E-state index is -0.191. The van der Waals surface area contributed by atoms with Crippen LogP contribution < -0.4 is 10.1 Å². The summed E-state index contributed by atoms with van der Waals surface area (Å²) in [5.41, 5.74) is 5.40. The van der Waals surface area contributed by atoms with Crippen molar-refractivity contribution < 1.29 is 9.53 Å². The zero-order valence-corrected chi connectivity index (χ0v) is 13.5. The van der Waals surface area contributed by atoms with E-state index in [2.05, 4.69) is 15.5 Å². The van der Waals surface area contributed by atoms with E-state index in [0.717, 1.165) is 28.1 Å². The highest BCUT2D eigenvalue weighted by Gasteiger charge is 2.35. The number of fused-ring (bicyclic) bond motifs is 1. The Morgan fingerprint density at radius 2 is 1.75 bits per heavy atom. The van der Waals surface area contributed by atoms with Gasteiger partial charge in [-0.1, -0.05) is 29.8 Å². The number of aryl methyl sites for hydroxylation is 1. The van der Waals surface area contributed by atoms with Crippen molar-refractivity contribution >= 4 is 5.91 Å². The molecule has 1 atom stereocenters. The van der Waals surface area contributed by atoms with E-state index in [9.17, 15) is 4.79 Å². The Labute approximate surface area is 139 Å². The summed E-state index contributed by atoms with van der Waals surface area (Å²) in [6.45, 7) is 2.04. The Bertz CT molecular complexity index is 895. The highest BCUT2D eigenvalue weighted by Crippen LogP contribution is 2.37. The first-order valence-corrected chi connectivity index (χ1v) is 7.77. The number of ether oxygens (including phenoxy) is 1. The number of carbonyl (C=O) groups excluding carboxylic acids is 1. The van der Waals surface area contributed by atoms with Crippen molar-refractivity contribution in [1.82, 2.24) is 15.5 Å². The van der Waals surface area contributed by atoms with Crippen molar-refractivity contribution in [2.45, 2.75) is 13.0 Å². The van der Waals surface area contributed by atoms with Crippen molar-refractivity contribution in [3.63, 3.8) is 0 Å². The van der Waals surface area contributed by atoms with Crippen LogP contribution in [0.5, 0.6) is 5.75 Å². The van der Waals surface area contributed by atoms with Crippen molar-refractivity contribution in [2.24, 2.45) is 0 Å². The fourth-order valence-electron chi connectivity index (χ4n) is 3.06. The maximum Gasteiger partial charge on any atom is 0.270 e. The van der Waals surface area contributed by atoms with Crippen LogP contribution >= 0.6 is 0 Å². The van der Waals surface area contributed by atoms with Gasteiger partial charge in [-0.05, 0) is 36.8 Å². The topological polar surface area (TPSA) is 67.0 Å². The summed E-state index contributed by atoms with van der Waals surface area (Å²) in [7, 11) is 1.64. The lowest BCUT2D eigenvalue weighted by Crippen LogP contribution is -2.21. The minimum Gasteiger partial charge on any atom is -0.497 e. The molecule has 5 heteroatoms. The van der Waals surface area contributed by atoms with Gasteiger partial charge in [0.2, 0.25) is 0 Å². The third-order valence-corrected chi connectivity index (χ3v) is 4.37. The molecule has 0 radical (unpaired) electrons. The summed E-state index contributed by atoms with van der Waals surface area (Å²) in [6.07, 6.45) is 0. The molecule has 0 spiro atoms. The second-order valence-electron chi connectivity index (χ2n) is 5.91. The summed E-state index contributed by atoms with van der Waals surface area (Å²) in [6, 6.07) is 15.7. The fraction of sp³-hybridized carbons (Fsp3) is 0.158. The number of benzene rings is 2. The molecule has 4 rings (SSSR count). The molecule has 120 valence electrons. The molecule has 0 bridgehead atoms. The first kappa shape index (κ1) is 14.5. The van der Waals surface area contributed by atoms with Crippen LogP contribution in [0.25, 0.3) is 11.3 Å². The Morgan fingerprint density at radius 1 is 1.04 bits per heavy atom. The number of H-pyrrole nitrogens is 1. The quantitative estimate of drug-likeness (QED) is 0.779. The minimum absolute atomic E-state index is 0.122. The van der Waals surface area contributed by atoms with Gasteiger partial charge in [-0.15, -0.1) is 0 Å². The molecule has 2 heterocycles. The van der Waals surface area contributed by atoms with Gasteiger partial charge in [0.1, 0.15) is 11.4 Å². The normalized spacial score (nSPS) is 15.9. The van der Waals surface area contributed by atoms with E-state index in [1.54, 1.807) is 7.11 Å². The predicted molar refractivity (Wildman–Crippen MR) is 91.1 cm³/mol. The molecule has 0 saturated heterocycles. The van der Waals surface area contributed by atoms with E-state index in [4.69, 9.17) is 4.74 Å². The third-order valence-electron chi connectivity index (χ3n) is 4.37. The summed E-state index contributed by atoms with van der Waals surface area (Å²) in [4.78, 5) is 12.3. The van der Waals surface area contributed by atoms with Gasteiger partial charge in [0.05, 0.1) is 18.8 Å². The monoisotopic (exact) mass is 319 g/mol. The summed E-state index contributed by atoms with van der Waals surface area (Å²) in [5, 5.41) is 10.3. The number of hydrogen-bond donors (Lipinski definition) is 2. The number of aromatic amines is 1. The van der Waals surface area contributed by atoms with E-state index >= 15 is 0 Å². The summed E-state index contributed by atoms with van der Waals surface area (Å²) in [5.74, 6) is 0.665. The van der Waals surface area contributed by atoms with Crippen LogP contribution in [0.3, 0.4) is 0 Å². The molecule has 1 aromatic heterocycles. The van der Waals surface area contributed by atoms with Crippen molar-refractivity contribution in [2.75, 3.05) is 7.11 Å². The lowest BCUT2D eigenvalue weighted by molar-refractivity contribution is 0.0955. The van der Waals surface area contributed by atoms with Gasteiger partial charge in [0.25, 0.3) is 5.91 Å². The summed E-state index contributed by atoms with van der Waals surface area (Å²) >= 11 is 0. The average molecular weight is 319 g/mol. The van der Waals surface area contributed by atoms with Crippen molar-refractivity contribution in [3.8, 4) is 17.0 Å². The first-order valence-electron chi connectivity index (χ1n) is 7.77. The Balaban J connectivity index is 1.80. The van der Waals surface area contributed by atoms with Crippen LogP contribution in [-0.4, -0.2) is 23.2 Å². The highest BCUT2D eigenvalue weighted by molar-refractivity contribution is 6.00. The number of rotatable bonds is 3. The maximum atomic E-state index is 12.3. The molecule has 3 aromatic rings. The molecule has 0 aliphatic carbocycles. The molecule has 24 heavy (non-hydrogen) atoms. The van der Waals surface area contributed by atoms with E-state index < -0.39 is 0 Å². The zero-order chi connectivity index (χ0) is 16.7. The molecular weight excluding hydrogens is 302 g/mol. The highest BCUT2D eigenvalue weighted by atomic mass is 16.5. The zero-order valence-electron chi connectivity index (χ0n) is 13.5. The molecule has 1 amide bonds. The average Bonchev–Trinajstić information content (AvgIpc) is 3.18. The van der Waals surface area contributed by atoms with Crippen LogP contribution in [0.1, 0.15) is 33.2 Å². The van der Waals surface area contributed by atoms with Crippen LogP contribution in [0.2, 0.25) is 0 Å². The van der Waals surface area contributed by atoms with Crippen LogP contribution in [-0.2, 0) is 0 Å². The molecule has 0 fully saturated rings. The number of amides is 1. The number of aromatic nitrogens is 2. The van der Waals surface area contributed by atoms with Crippen LogP contribution in [0.4, 0.5) is 0 Å². The number of carbonyl (C=O) groups is 1. The largest absolute Gasteiger partial charge is 0.497 e. The molecule has 1 aliphatic heterocycles. The second kappa shape index (κ2) is 5.53. The molecular formula is C19H17N3O2. The smallest absolute Gasteiger partial charge is 0.270 e. The predicted octanol–water partition coefficient (Wildman–Crippen LogP) is 3.23. The van der Waals surface area contributed by atoms with Crippen molar-refractivity contribution in [1.29, 1.82) is 0 Å². The molecule has 1 unspecified atom stereocenters. The van der Waals surface area contributed by atoms with E-state index in [0.29, 0.717) is 5.69 Å². The standard InChI is InChI=1S/C19H17N3O2/c1-11-3-5-12(6-4-11)16-15-17(21-22-18(15)19(23)20-16)13-7-9-14(24-2)10-8-13/h3-10,16H,1-2H3,(H,20,23)(H,21,22). The van der Waals surface area contributed by atoms with E-state index in [1.807, 2.05) is 55.5 Å². The van der Waals surface area contributed by atoms with Gasteiger partial charge in [-0.25, -0.2) is 0 Å². The summed E-state index contributed by atoms with van der Waals surface area (Å²) < 4.78 is 5.20. The molecule has 1 aliphatic rings. The Hall–Kier alpha value is -3.08. The molecule has 5 nitrogen and oxygen atoms in total. The van der Waals surface area contributed by atoms with Gasteiger partial charge >= 0.3 is 0 Å². The Kier molecular flexibility index (Phi) is 3.34. The van der Waals surface area contributed by atoms with E-state index in [1.165, 1.54) is 5.56 Å². The maximum absolute atomic E-state index is 12.3. The Morgan fingerprint density at radius 3 is 2.42 bits per heavy atom. The van der Waals surface area contributed by atoms with E-state index in [-0.39, 0.29) is 11.9 Å². The number of nitrogens with zero attached hydrogens (tertiary/aromatic N) is 1. The van der Waals surface area contributed by atoms with Crippen LogP contribution in [0.15, 0.2) is 48.5 Å². The van der Waals surface area contributed by atoms with Crippen molar-refractivity contribution in [3.05, 3.63) is 70.9 Å². The van der Waals surface area contributed by atoms with Gasteiger partial charge < -0.3 is 10.1 Å². The van der Waals surface area contributed by atoms with Gasteiger partial charge in [0.15, 0.2) is 0 Å². The van der Waals surface area contributed by atoms with Gasteiger partial charge in [-0.2, -0.15) is 5.10 Å². The van der Waals surface area contributed by atoms with Gasteiger partial charge in [0, 0.05) is 11.1 Å². The van der Waals surface area contributed by atoms with Crippen LogP contribution in [0, 0.1) is 6.92 Å². The number of methoxy groups -OCH3 is 1. The lowest BCUT2D eigenvalue weighted by Gasteiger charge is -2.13. The van der Waals surface area contributed by atoms with Gasteiger partial charge in [-0.3, -0.25) is 9.89 Å². The third kappa shape index (κ3) is 2.25. The first-order chi connectivity index (χ1) is 11.7. The molecule has 2 aromatic carbocycles. The second-order valence-corrected chi connectivity index (χ2v) is 5.91.